The molecule has 0 aromatic rings. The molecule has 0 amide bonds. The molecule has 0 aliphatic heterocycles. The first-order valence-electron chi connectivity index (χ1n) is 4.77. The summed E-state index contributed by atoms with van der Waals surface area (Å²) in [6.07, 6.45) is 1.09. The Balaban J connectivity index is 4.21. The normalized spacial score (nSPS) is 14.9. The first-order chi connectivity index (χ1) is 6.17. The fourth-order valence-corrected chi connectivity index (χ4v) is 1.50. The van der Waals surface area contributed by atoms with Crippen molar-refractivity contribution in [2.24, 2.45) is 5.92 Å². The number of likely N-dealkylation sites (N-methyl/N-ethyl adjacent to an activating group) is 1. The van der Waals surface area contributed by atoms with Gasteiger partial charge in [-0.25, -0.2) is 0 Å². The van der Waals surface area contributed by atoms with Crippen LogP contribution in [0.15, 0.2) is 0 Å². The van der Waals surface area contributed by atoms with Gasteiger partial charge in [0.05, 0.1) is 6.10 Å². The van der Waals surface area contributed by atoms with Gasteiger partial charge in [-0.15, -0.1) is 11.8 Å². The third-order valence-electron chi connectivity index (χ3n) is 2.20. The van der Waals surface area contributed by atoms with Crippen LogP contribution in [-0.4, -0.2) is 26.3 Å². The van der Waals surface area contributed by atoms with Crippen LogP contribution in [0.3, 0.4) is 0 Å². The molecule has 2 atom stereocenters. The maximum absolute atomic E-state index is 5.43. The molecule has 0 radical (unpaired) electrons. The quantitative estimate of drug-likeness (QED) is 0.654. The molecule has 2 heteroatoms. The summed E-state index contributed by atoms with van der Waals surface area (Å²) >= 11 is 0. The highest BCUT2D eigenvalue weighted by atomic mass is 16.5. The summed E-state index contributed by atoms with van der Waals surface area (Å²) < 4.78 is 5.43. The van der Waals surface area contributed by atoms with Crippen molar-refractivity contribution in [1.82, 2.24) is 5.32 Å². The maximum Gasteiger partial charge on any atom is 0.0756 e. The van der Waals surface area contributed by atoms with Crippen LogP contribution in [0.25, 0.3) is 0 Å². The Morgan fingerprint density at radius 2 is 2.00 bits per heavy atom. The van der Waals surface area contributed by atoms with E-state index >= 15 is 0 Å². The number of methoxy groups -OCH3 is 1. The van der Waals surface area contributed by atoms with Crippen LogP contribution in [0, 0.1) is 17.8 Å². The maximum atomic E-state index is 5.43. The van der Waals surface area contributed by atoms with E-state index in [4.69, 9.17) is 4.74 Å². The average molecular weight is 183 g/mol. The van der Waals surface area contributed by atoms with Gasteiger partial charge in [0.2, 0.25) is 0 Å². The van der Waals surface area contributed by atoms with Crippen LogP contribution in [0.5, 0.6) is 0 Å². The number of hydrogen-bond donors (Lipinski definition) is 1. The Labute approximate surface area is 82.1 Å². The molecule has 76 valence electrons. The number of nitrogens with one attached hydrogen (secondary N) is 1. The predicted molar refractivity (Wildman–Crippen MR) is 56.5 cm³/mol. The standard InChI is InChI=1S/C11H21NO/c1-6-7-8-10(12-4)11(13-5)9(2)3/h9-12H,8H2,1-5H3. The molecule has 0 heterocycles. The number of ether oxygens (including phenoxy) is 1. The highest BCUT2D eigenvalue weighted by Gasteiger charge is 2.21. The lowest BCUT2D eigenvalue weighted by atomic mass is 9.97. The van der Waals surface area contributed by atoms with Crippen molar-refractivity contribution in [2.45, 2.75) is 39.3 Å². The first kappa shape index (κ1) is 12.5. The molecule has 1 N–H and O–H groups in total. The van der Waals surface area contributed by atoms with Crippen LogP contribution < -0.4 is 5.32 Å². The summed E-state index contributed by atoms with van der Waals surface area (Å²) in [6.45, 7) is 6.19. The van der Waals surface area contributed by atoms with Gasteiger partial charge in [0.1, 0.15) is 0 Å². The average Bonchev–Trinajstić information content (AvgIpc) is 2.11. The van der Waals surface area contributed by atoms with Gasteiger partial charge in [0, 0.05) is 19.6 Å². The van der Waals surface area contributed by atoms with E-state index in [9.17, 15) is 0 Å². The van der Waals surface area contributed by atoms with Crippen molar-refractivity contribution < 1.29 is 4.74 Å². The van der Waals surface area contributed by atoms with Gasteiger partial charge in [-0.2, -0.15) is 0 Å². The van der Waals surface area contributed by atoms with Crippen LogP contribution in [0.4, 0.5) is 0 Å². The molecule has 0 rings (SSSR count). The Morgan fingerprint density at radius 1 is 1.38 bits per heavy atom. The van der Waals surface area contributed by atoms with E-state index in [2.05, 4.69) is 31.0 Å². The summed E-state index contributed by atoms with van der Waals surface area (Å²) in [5.41, 5.74) is 0. The lowest BCUT2D eigenvalue weighted by Crippen LogP contribution is -2.41. The van der Waals surface area contributed by atoms with E-state index in [1.807, 2.05) is 14.0 Å². The largest absolute Gasteiger partial charge is 0.380 e. The van der Waals surface area contributed by atoms with Crippen LogP contribution in [0.1, 0.15) is 27.2 Å². The van der Waals surface area contributed by atoms with Gasteiger partial charge in [0.15, 0.2) is 0 Å². The minimum absolute atomic E-state index is 0.242. The number of hydrogen-bond acceptors (Lipinski definition) is 2. The molecule has 0 saturated heterocycles. The Morgan fingerprint density at radius 3 is 2.31 bits per heavy atom. The molecule has 0 aromatic carbocycles. The van der Waals surface area contributed by atoms with E-state index in [0.29, 0.717) is 12.0 Å². The summed E-state index contributed by atoms with van der Waals surface area (Å²) in [5, 5.41) is 3.24. The van der Waals surface area contributed by atoms with Crippen LogP contribution in [0.2, 0.25) is 0 Å². The van der Waals surface area contributed by atoms with Crippen molar-refractivity contribution >= 4 is 0 Å². The Hall–Kier alpha value is -0.520. The lowest BCUT2D eigenvalue weighted by molar-refractivity contribution is 0.0367. The van der Waals surface area contributed by atoms with Gasteiger partial charge in [-0.3, -0.25) is 0 Å². The molecule has 0 saturated carbocycles. The third kappa shape index (κ3) is 4.31. The third-order valence-corrected chi connectivity index (χ3v) is 2.20. The van der Waals surface area contributed by atoms with E-state index in [1.165, 1.54) is 0 Å². The van der Waals surface area contributed by atoms with Crippen molar-refractivity contribution in [3.63, 3.8) is 0 Å². The highest BCUT2D eigenvalue weighted by Crippen LogP contribution is 2.12. The van der Waals surface area contributed by atoms with Gasteiger partial charge in [-0.1, -0.05) is 13.8 Å². The minimum Gasteiger partial charge on any atom is -0.380 e. The van der Waals surface area contributed by atoms with Crippen LogP contribution in [-0.2, 0) is 4.74 Å². The number of rotatable bonds is 5. The molecule has 0 aliphatic carbocycles. The second-order valence-electron chi connectivity index (χ2n) is 3.47. The van der Waals surface area contributed by atoms with Gasteiger partial charge in [-0.05, 0) is 19.9 Å². The molecule has 0 spiro atoms. The summed E-state index contributed by atoms with van der Waals surface area (Å²) in [6, 6.07) is 0.331. The zero-order chi connectivity index (χ0) is 10.3. The molecular weight excluding hydrogens is 162 g/mol. The van der Waals surface area contributed by atoms with E-state index in [-0.39, 0.29) is 6.10 Å². The molecule has 13 heavy (non-hydrogen) atoms. The lowest BCUT2D eigenvalue weighted by Gasteiger charge is -2.27. The van der Waals surface area contributed by atoms with Gasteiger partial charge >= 0.3 is 0 Å². The summed E-state index contributed by atoms with van der Waals surface area (Å²) in [4.78, 5) is 0. The van der Waals surface area contributed by atoms with E-state index in [0.717, 1.165) is 6.42 Å². The second kappa shape index (κ2) is 6.94. The topological polar surface area (TPSA) is 21.3 Å². The minimum atomic E-state index is 0.242. The molecule has 2 nitrogen and oxygen atoms in total. The molecular formula is C11H21NO. The van der Waals surface area contributed by atoms with Gasteiger partial charge in [0.25, 0.3) is 0 Å². The smallest absolute Gasteiger partial charge is 0.0756 e. The summed E-state index contributed by atoms with van der Waals surface area (Å²) in [5.74, 6) is 6.50. The van der Waals surface area contributed by atoms with Gasteiger partial charge < -0.3 is 10.1 Å². The fraction of sp³-hybridized carbons (Fsp3) is 0.818. The molecule has 0 aliphatic rings. The second-order valence-corrected chi connectivity index (χ2v) is 3.47. The van der Waals surface area contributed by atoms with E-state index < -0.39 is 0 Å². The van der Waals surface area contributed by atoms with Crippen LogP contribution >= 0.6 is 0 Å². The molecule has 0 bridgehead atoms. The summed E-state index contributed by atoms with van der Waals surface area (Å²) in [7, 11) is 3.71. The Bertz CT molecular complexity index is 178. The molecule has 2 unspecified atom stereocenters. The Kier molecular flexibility index (Phi) is 6.66. The molecule has 0 aromatic heterocycles. The van der Waals surface area contributed by atoms with Crippen molar-refractivity contribution in [3.05, 3.63) is 0 Å². The highest BCUT2D eigenvalue weighted by molar-refractivity contribution is 5.00. The van der Waals surface area contributed by atoms with Crippen molar-refractivity contribution in [3.8, 4) is 11.8 Å². The predicted octanol–water partition coefficient (Wildman–Crippen LogP) is 1.66. The first-order valence-corrected chi connectivity index (χ1v) is 4.77. The van der Waals surface area contributed by atoms with Crippen molar-refractivity contribution in [2.75, 3.05) is 14.2 Å². The fourth-order valence-electron chi connectivity index (χ4n) is 1.50. The zero-order valence-corrected chi connectivity index (χ0v) is 9.35. The zero-order valence-electron chi connectivity index (χ0n) is 9.35. The van der Waals surface area contributed by atoms with Crippen molar-refractivity contribution in [1.29, 1.82) is 0 Å². The molecule has 0 fully saturated rings. The van der Waals surface area contributed by atoms with E-state index in [1.54, 1.807) is 7.11 Å². The SMILES string of the molecule is CC#CCC(NC)C(OC)C(C)C. The monoisotopic (exact) mass is 183 g/mol.